The van der Waals surface area contributed by atoms with Crippen LogP contribution in [0.4, 0.5) is 0 Å². The maximum atomic E-state index is 5.46. The van der Waals surface area contributed by atoms with Crippen molar-refractivity contribution in [1.82, 2.24) is 14.5 Å². The highest BCUT2D eigenvalue weighted by Gasteiger charge is 2.17. The van der Waals surface area contributed by atoms with E-state index in [9.17, 15) is 0 Å². The molecular formula is C19H19N3O2. The topological polar surface area (TPSA) is 49.2 Å². The summed E-state index contributed by atoms with van der Waals surface area (Å²) in [5, 5.41) is 0. The van der Waals surface area contributed by atoms with Crippen molar-refractivity contribution in [2.45, 2.75) is 25.8 Å². The van der Waals surface area contributed by atoms with E-state index in [0.29, 0.717) is 12.7 Å². The standard InChI is InChI=1S/C19H19N3O2/c1-14(9-15-4-5-17-18(10-15)24-13-23-17)19-21-7-8-22(19)12-16-3-2-6-20-11-16/h2-8,10-11,14H,9,12-13H2,1H3. The van der Waals surface area contributed by atoms with Crippen LogP contribution in [0.25, 0.3) is 0 Å². The Bertz CT molecular complexity index is 830. The van der Waals surface area contributed by atoms with Crippen molar-refractivity contribution in [3.05, 3.63) is 72.1 Å². The Kier molecular flexibility index (Phi) is 3.91. The Balaban J connectivity index is 1.51. The second-order valence-electron chi connectivity index (χ2n) is 6.07. The van der Waals surface area contributed by atoms with Gasteiger partial charge in [0, 0.05) is 30.7 Å². The van der Waals surface area contributed by atoms with Gasteiger partial charge in [0.1, 0.15) is 5.82 Å². The molecule has 5 nitrogen and oxygen atoms in total. The fourth-order valence-electron chi connectivity index (χ4n) is 3.09. The molecular weight excluding hydrogens is 302 g/mol. The third-order valence-electron chi connectivity index (χ3n) is 4.24. The van der Waals surface area contributed by atoms with Gasteiger partial charge in [0.15, 0.2) is 11.5 Å². The number of nitrogens with zero attached hydrogens (tertiary/aromatic N) is 3. The summed E-state index contributed by atoms with van der Waals surface area (Å²) in [6, 6.07) is 10.2. The molecule has 122 valence electrons. The van der Waals surface area contributed by atoms with E-state index in [1.807, 2.05) is 30.7 Å². The summed E-state index contributed by atoms with van der Waals surface area (Å²) in [6.45, 7) is 3.30. The first kappa shape index (κ1) is 14.8. The highest BCUT2D eigenvalue weighted by Crippen LogP contribution is 2.33. The first-order valence-electron chi connectivity index (χ1n) is 8.08. The molecule has 2 aromatic heterocycles. The molecule has 0 fully saturated rings. The van der Waals surface area contributed by atoms with Crippen LogP contribution in [0.5, 0.6) is 11.5 Å². The molecule has 24 heavy (non-hydrogen) atoms. The van der Waals surface area contributed by atoms with E-state index in [-0.39, 0.29) is 0 Å². The highest BCUT2D eigenvalue weighted by molar-refractivity contribution is 5.44. The Labute approximate surface area is 140 Å². The third kappa shape index (κ3) is 2.97. The molecule has 0 N–H and O–H groups in total. The average molecular weight is 321 g/mol. The van der Waals surface area contributed by atoms with Crippen molar-refractivity contribution in [2.24, 2.45) is 0 Å². The van der Waals surface area contributed by atoms with Gasteiger partial charge in [0.05, 0.1) is 6.54 Å². The fraction of sp³-hybridized carbons (Fsp3) is 0.263. The van der Waals surface area contributed by atoms with Crippen LogP contribution in [0, 0.1) is 0 Å². The zero-order valence-electron chi connectivity index (χ0n) is 13.6. The predicted molar refractivity (Wildman–Crippen MR) is 90.3 cm³/mol. The number of hydrogen-bond acceptors (Lipinski definition) is 4. The zero-order valence-corrected chi connectivity index (χ0v) is 13.6. The molecule has 3 aromatic rings. The van der Waals surface area contributed by atoms with Crippen LogP contribution in [0.3, 0.4) is 0 Å². The summed E-state index contributed by atoms with van der Waals surface area (Å²) in [7, 11) is 0. The number of ether oxygens (including phenoxy) is 2. The van der Waals surface area contributed by atoms with Crippen molar-refractivity contribution in [3.63, 3.8) is 0 Å². The van der Waals surface area contributed by atoms with Crippen LogP contribution in [-0.4, -0.2) is 21.3 Å². The van der Waals surface area contributed by atoms with Gasteiger partial charge in [-0.25, -0.2) is 4.98 Å². The summed E-state index contributed by atoms with van der Waals surface area (Å²) in [5.41, 5.74) is 2.40. The van der Waals surface area contributed by atoms with E-state index in [4.69, 9.17) is 9.47 Å². The lowest BCUT2D eigenvalue weighted by Crippen LogP contribution is -2.09. The number of fused-ring (bicyclic) bond motifs is 1. The van der Waals surface area contributed by atoms with Gasteiger partial charge in [0.25, 0.3) is 0 Å². The molecule has 0 radical (unpaired) electrons. The number of benzene rings is 1. The second kappa shape index (κ2) is 6.35. The highest BCUT2D eigenvalue weighted by atomic mass is 16.7. The largest absolute Gasteiger partial charge is 0.454 e. The van der Waals surface area contributed by atoms with E-state index >= 15 is 0 Å². The fourth-order valence-corrected chi connectivity index (χ4v) is 3.09. The number of rotatable bonds is 5. The molecule has 0 saturated carbocycles. The normalized spacial score (nSPS) is 13.9. The van der Waals surface area contributed by atoms with Crippen LogP contribution >= 0.6 is 0 Å². The van der Waals surface area contributed by atoms with Gasteiger partial charge in [-0.3, -0.25) is 4.98 Å². The van der Waals surface area contributed by atoms with E-state index in [1.54, 1.807) is 6.20 Å². The van der Waals surface area contributed by atoms with E-state index < -0.39 is 0 Å². The quantitative estimate of drug-likeness (QED) is 0.722. The molecule has 4 rings (SSSR count). The lowest BCUT2D eigenvalue weighted by atomic mass is 10.00. The first-order chi connectivity index (χ1) is 11.8. The van der Waals surface area contributed by atoms with Gasteiger partial charge in [-0.05, 0) is 35.7 Å². The van der Waals surface area contributed by atoms with E-state index in [1.165, 1.54) is 11.1 Å². The summed E-state index contributed by atoms with van der Waals surface area (Å²) in [5.74, 6) is 3.04. The smallest absolute Gasteiger partial charge is 0.231 e. The predicted octanol–water partition coefficient (Wildman–Crippen LogP) is 3.40. The van der Waals surface area contributed by atoms with Crippen LogP contribution in [0.15, 0.2) is 55.1 Å². The number of imidazole rings is 1. The van der Waals surface area contributed by atoms with Gasteiger partial charge < -0.3 is 14.0 Å². The molecule has 0 spiro atoms. The van der Waals surface area contributed by atoms with Gasteiger partial charge in [0.2, 0.25) is 6.79 Å². The Hall–Kier alpha value is -2.82. The minimum absolute atomic E-state index is 0.303. The molecule has 0 amide bonds. The third-order valence-corrected chi connectivity index (χ3v) is 4.24. The summed E-state index contributed by atoms with van der Waals surface area (Å²) >= 11 is 0. The van der Waals surface area contributed by atoms with Gasteiger partial charge in [-0.15, -0.1) is 0 Å². The zero-order chi connectivity index (χ0) is 16.4. The SMILES string of the molecule is CC(Cc1ccc2c(c1)OCO2)c1nccn1Cc1cccnc1. The van der Waals surface area contributed by atoms with E-state index in [0.717, 1.165) is 30.3 Å². The van der Waals surface area contributed by atoms with Gasteiger partial charge in [-0.2, -0.15) is 0 Å². The number of hydrogen-bond donors (Lipinski definition) is 0. The molecule has 1 unspecified atom stereocenters. The van der Waals surface area contributed by atoms with Gasteiger partial charge in [-0.1, -0.05) is 19.1 Å². The molecule has 1 atom stereocenters. The Morgan fingerprint density at radius 2 is 2.04 bits per heavy atom. The molecule has 1 aromatic carbocycles. The summed E-state index contributed by atoms with van der Waals surface area (Å²) < 4.78 is 13.0. The minimum Gasteiger partial charge on any atom is -0.454 e. The molecule has 0 aliphatic carbocycles. The Morgan fingerprint density at radius 1 is 1.12 bits per heavy atom. The summed E-state index contributed by atoms with van der Waals surface area (Å²) in [4.78, 5) is 8.75. The lowest BCUT2D eigenvalue weighted by molar-refractivity contribution is 0.174. The number of aromatic nitrogens is 3. The van der Waals surface area contributed by atoms with Crippen molar-refractivity contribution in [2.75, 3.05) is 6.79 Å². The number of pyridine rings is 1. The molecule has 1 aliphatic heterocycles. The van der Waals surface area contributed by atoms with Crippen LogP contribution in [0.1, 0.15) is 29.8 Å². The molecule has 5 heteroatoms. The van der Waals surface area contributed by atoms with Crippen molar-refractivity contribution in [1.29, 1.82) is 0 Å². The van der Waals surface area contributed by atoms with Crippen LogP contribution < -0.4 is 9.47 Å². The van der Waals surface area contributed by atoms with Crippen molar-refractivity contribution in [3.8, 4) is 11.5 Å². The lowest BCUT2D eigenvalue weighted by Gasteiger charge is -2.14. The van der Waals surface area contributed by atoms with Crippen LogP contribution in [-0.2, 0) is 13.0 Å². The summed E-state index contributed by atoms with van der Waals surface area (Å²) in [6.07, 6.45) is 8.48. The minimum atomic E-state index is 0.303. The molecule has 0 saturated heterocycles. The maximum absolute atomic E-state index is 5.46. The van der Waals surface area contributed by atoms with Crippen molar-refractivity contribution < 1.29 is 9.47 Å². The molecule has 0 bridgehead atoms. The second-order valence-corrected chi connectivity index (χ2v) is 6.07. The monoisotopic (exact) mass is 321 g/mol. The van der Waals surface area contributed by atoms with E-state index in [2.05, 4.69) is 39.7 Å². The van der Waals surface area contributed by atoms with Crippen LogP contribution in [0.2, 0.25) is 0 Å². The molecule has 1 aliphatic rings. The maximum Gasteiger partial charge on any atom is 0.231 e. The van der Waals surface area contributed by atoms with Crippen molar-refractivity contribution >= 4 is 0 Å². The molecule has 3 heterocycles. The Morgan fingerprint density at radius 3 is 2.92 bits per heavy atom. The first-order valence-corrected chi connectivity index (χ1v) is 8.08. The van der Waals surface area contributed by atoms with Gasteiger partial charge >= 0.3 is 0 Å². The average Bonchev–Trinajstić information content (AvgIpc) is 3.24.